The van der Waals surface area contributed by atoms with Gasteiger partial charge in [0.05, 0.1) is 13.2 Å². The average molecular weight is 264 g/mol. The zero-order valence-corrected chi connectivity index (χ0v) is 11.4. The Balaban J connectivity index is 1.94. The third-order valence-electron chi connectivity index (χ3n) is 3.06. The van der Waals surface area contributed by atoms with Crippen LogP contribution in [0.2, 0.25) is 0 Å². The molecular formula is C15H20O4. The number of rotatable bonds is 7. The molecule has 0 aliphatic carbocycles. The lowest BCUT2D eigenvalue weighted by Gasteiger charge is -2.08. The second kappa shape index (κ2) is 6.70. The molecule has 1 atom stereocenters. The van der Waals surface area contributed by atoms with Crippen molar-refractivity contribution in [3.8, 4) is 0 Å². The molecule has 2 rings (SSSR count). The molecule has 0 fully saturated rings. The second-order valence-electron chi connectivity index (χ2n) is 4.55. The molecule has 1 unspecified atom stereocenters. The number of para-hydroxylation sites is 1. The van der Waals surface area contributed by atoms with Crippen LogP contribution in [0.3, 0.4) is 0 Å². The highest BCUT2D eigenvalue weighted by molar-refractivity contribution is 5.80. The Bertz CT molecular complexity index is 518. The summed E-state index contributed by atoms with van der Waals surface area (Å²) in [6.07, 6.45) is -0.114. The van der Waals surface area contributed by atoms with Crippen molar-refractivity contribution in [3.63, 3.8) is 0 Å². The number of ether oxygens (including phenoxy) is 2. The highest BCUT2D eigenvalue weighted by Crippen LogP contribution is 2.27. The number of hydrogen-bond acceptors (Lipinski definition) is 4. The van der Waals surface area contributed by atoms with Crippen molar-refractivity contribution < 1.29 is 19.0 Å². The topological polar surface area (TPSA) is 51.8 Å². The highest BCUT2D eigenvalue weighted by atomic mass is 16.5. The van der Waals surface area contributed by atoms with Crippen LogP contribution in [0.1, 0.15) is 23.8 Å². The van der Waals surface area contributed by atoms with Gasteiger partial charge in [0.2, 0.25) is 0 Å². The summed E-state index contributed by atoms with van der Waals surface area (Å²) < 4.78 is 15.9. The third kappa shape index (κ3) is 3.56. The van der Waals surface area contributed by atoms with Gasteiger partial charge in [-0.2, -0.15) is 0 Å². The molecule has 19 heavy (non-hydrogen) atoms. The number of aryl methyl sites for hydroxylation is 1. The van der Waals surface area contributed by atoms with E-state index in [1.165, 1.54) is 0 Å². The molecule has 1 aromatic heterocycles. The lowest BCUT2D eigenvalue weighted by molar-refractivity contribution is 0.0430. The number of aliphatic hydroxyl groups is 1. The van der Waals surface area contributed by atoms with Gasteiger partial charge in [-0.25, -0.2) is 0 Å². The molecule has 0 saturated carbocycles. The van der Waals surface area contributed by atoms with Crippen molar-refractivity contribution >= 4 is 11.0 Å². The van der Waals surface area contributed by atoms with Crippen molar-refractivity contribution in [1.82, 2.24) is 0 Å². The van der Waals surface area contributed by atoms with Crippen LogP contribution in [0.5, 0.6) is 0 Å². The van der Waals surface area contributed by atoms with E-state index in [0.29, 0.717) is 32.0 Å². The summed E-state index contributed by atoms with van der Waals surface area (Å²) in [7, 11) is 1.63. The molecule has 0 saturated heterocycles. The summed E-state index contributed by atoms with van der Waals surface area (Å²) in [4.78, 5) is 0. The van der Waals surface area contributed by atoms with Gasteiger partial charge in [0.1, 0.15) is 17.4 Å². The fourth-order valence-electron chi connectivity index (χ4n) is 1.97. The number of hydrogen-bond donors (Lipinski definition) is 1. The average Bonchev–Trinajstić information content (AvgIpc) is 2.84. The first-order valence-electron chi connectivity index (χ1n) is 6.46. The summed E-state index contributed by atoms with van der Waals surface area (Å²) in [6.45, 7) is 3.60. The Labute approximate surface area is 112 Å². The first-order valence-corrected chi connectivity index (χ1v) is 6.46. The first-order chi connectivity index (χ1) is 9.22. The van der Waals surface area contributed by atoms with E-state index in [0.717, 1.165) is 16.5 Å². The summed E-state index contributed by atoms with van der Waals surface area (Å²) >= 11 is 0. The van der Waals surface area contributed by atoms with Gasteiger partial charge >= 0.3 is 0 Å². The van der Waals surface area contributed by atoms with Gasteiger partial charge in [-0.1, -0.05) is 18.2 Å². The molecule has 1 N–H and O–H groups in total. The van der Waals surface area contributed by atoms with E-state index in [1.807, 2.05) is 31.2 Å². The van der Waals surface area contributed by atoms with Gasteiger partial charge in [-0.3, -0.25) is 0 Å². The molecule has 1 heterocycles. The predicted molar refractivity (Wildman–Crippen MR) is 73.2 cm³/mol. The van der Waals surface area contributed by atoms with Crippen molar-refractivity contribution in [2.75, 3.05) is 26.9 Å². The molecule has 2 aromatic rings. The quantitative estimate of drug-likeness (QED) is 0.781. The zero-order chi connectivity index (χ0) is 13.7. The van der Waals surface area contributed by atoms with E-state index >= 15 is 0 Å². The van der Waals surface area contributed by atoms with Crippen LogP contribution in [0.4, 0.5) is 0 Å². The lowest BCUT2D eigenvalue weighted by Crippen LogP contribution is -2.06. The maximum absolute atomic E-state index is 10.1. The standard InChI is InChI=1S/C15H20O4/c1-11-4-3-5-12-10-14(19-15(11)12)13(16)6-7-18-9-8-17-2/h3-5,10,13,16H,6-9H2,1-2H3. The van der Waals surface area contributed by atoms with Crippen molar-refractivity contribution in [2.24, 2.45) is 0 Å². The molecule has 4 heteroatoms. The third-order valence-corrected chi connectivity index (χ3v) is 3.06. The van der Waals surface area contributed by atoms with Crippen molar-refractivity contribution in [1.29, 1.82) is 0 Å². The molecule has 0 amide bonds. The Morgan fingerprint density at radius 1 is 1.26 bits per heavy atom. The van der Waals surface area contributed by atoms with Crippen molar-refractivity contribution in [3.05, 3.63) is 35.6 Å². The zero-order valence-electron chi connectivity index (χ0n) is 11.4. The van der Waals surface area contributed by atoms with Crippen LogP contribution in [-0.2, 0) is 9.47 Å². The molecule has 104 valence electrons. The van der Waals surface area contributed by atoms with Crippen LogP contribution in [0, 0.1) is 6.92 Å². The van der Waals surface area contributed by atoms with Crippen LogP contribution in [0.15, 0.2) is 28.7 Å². The molecule has 4 nitrogen and oxygen atoms in total. The van der Waals surface area contributed by atoms with E-state index in [1.54, 1.807) is 7.11 Å². The van der Waals surface area contributed by atoms with E-state index < -0.39 is 6.10 Å². The van der Waals surface area contributed by atoms with E-state index in [2.05, 4.69) is 0 Å². The summed E-state index contributed by atoms with van der Waals surface area (Å²) in [5.74, 6) is 0.597. The van der Waals surface area contributed by atoms with Gasteiger partial charge in [-0.05, 0) is 18.6 Å². The molecular weight excluding hydrogens is 244 g/mol. The Kier molecular flexibility index (Phi) is 4.96. The Morgan fingerprint density at radius 2 is 2.11 bits per heavy atom. The van der Waals surface area contributed by atoms with Crippen LogP contribution < -0.4 is 0 Å². The number of benzene rings is 1. The van der Waals surface area contributed by atoms with Crippen LogP contribution in [0.25, 0.3) is 11.0 Å². The molecule has 0 bridgehead atoms. The lowest BCUT2D eigenvalue weighted by atomic mass is 10.1. The van der Waals surface area contributed by atoms with E-state index in [9.17, 15) is 5.11 Å². The summed E-state index contributed by atoms with van der Waals surface area (Å²) in [5, 5.41) is 11.1. The number of methoxy groups -OCH3 is 1. The summed E-state index contributed by atoms with van der Waals surface area (Å²) in [6, 6.07) is 7.85. The Hall–Kier alpha value is -1.36. The number of fused-ring (bicyclic) bond motifs is 1. The van der Waals surface area contributed by atoms with Crippen molar-refractivity contribution in [2.45, 2.75) is 19.4 Å². The number of furan rings is 1. The monoisotopic (exact) mass is 264 g/mol. The largest absolute Gasteiger partial charge is 0.458 e. The van der Waals surface area contributed by atoms with E-state index in [4.69, 9.17) is 13.9 Å². The Morgan fingerprint density at radius 3 is 2.84 bits per heavy atom. The van der Waals surface area contributed by atoms with Crippen LogP contribution in [-0.4, -0.2) is 32.0 Å². The fraction of sp³-hybridized carbons (Fsp3) is 0.467. The van der Waals surface area contributed by atoms with Crippen LogP contribution >= 0.6 is 0 Å². The van der Waals surface area contributed by atoms with Gasteiger partial charge in [-0.15, -0.1) is 0 Å². The minimum absolute atomic E-state index is 0.487. The summed E-state index contributed by atoms with van der Waals surface area (Å²) in [5.41, 5.74) is 1.92. The minimum atomic E-state index is -0.630. The smallest absolute Gasteiger partial charge is 0.137 e. The number of aliphatic hydroxyl groups excluding tert-OH is 1. The molecule has 0 aliphatic rings. The maximum atomic E-state index is 10.1. The highest BCUT2D eigenvalue weighted by Gasteiger charge is 2.14. The molecule has 0 spiro atoms. The van der Waals surface area contributed by atoms with Gasteiger partial charge in [0.25, 0.3) is 0 Å². The second-order valence-corrected chi connectivity index (χ2v) is 4.55. The normalized spacial score (nSPS) is 13.0. The molecule has 1 aromatic carbocycles. The minimum Gasteiger partial charge on any atom is -0.458 e. The first kappa shape index (κ1) is 14.1. The maximum Gasteiger partial charge on any atom is 0.137 e. The van der Waals surface area contributed by atoms with Gasteiger partial charge < -0.3 is 19.0 Å². The molecule has 0 aliphatic heterocycles. The fourth-order valence-corrected chi connectivity index (χ4v) is 1.97. The SMILES string of the molecule is COCCOCCC(O)c1cc2cccc(C)c2o1. The predicted octanol–water partition coefficient (Wildman–Crippen LogP) is 2.83. The van der Waals surface area contributed by atoms with Gasteiger partial charge in [0, 0.05) is 25.5 Å². The van der Waals surface area contributed by atoms with Gasteiger partial charge in [0.15, 0.2) is 0 Å². The van der Waals surface area contributed by atoms with E-state index in [-0.39, 0.29) is 0 Å². The molecule has 0 radical (unpaired) electrons.